The Labute approximate surface area is 83.3 Å². The molecular formula is C8H22N2O2Si. The molecule has 80 valence electrons. The first kappa shape index (κ1) is 13.1. The predicted molar refractivity (Wildman–Crippen MR) is 57.4 cm³/mol. The lowest BCUT2D eigenvalue weighted by molar-refractivity contribution is -0.341. The van der Waals surface area contributed by atoms with Crippen molar-refractivity contribution >= 4 is 9.52 Å². The molecule has 0 heterocycles. The van der Waals surface area contributed by atoms with Crippen LogP contribution in [0.5, 0.6) is 0 Å². The van der Waals surface area contributed by atoms with Crippen molar-refractivity contribution in [3.8, 4) is 0 Å². The highest BCUT2D eigenvalue weighted by Gasteiger charge is 1.98. The second kappa shape index (κ2) is 10.1. The summed E-state index contributed by atoms with van der Waals surface area (Å²) in [6, 6.07) is 1.44. The largest absolute Gasteiger partial charge is 0.315 e. The Morgan fingerprint density at radius 3 is 2.46 bits per heavy atom. The maximum atomic E-state index is 4.91. The summed E-state index contributed by atoms with van der Waals surface area (Å²) in [5, 5.41) is 4.80. The minimum Gasteiger partial charge on any atom is -0.315 e. The van der Waals surface area contributed by atoms with E-state index in [1.54, 1.807) is 14.2 Å². The molecule has 0 bridgehead atoms. The Hall–Kier alpha value is 0.0569. The average molecular weight is 206 g/mol. The van der Waals surface area contributed by atoms with Crippen LogP contribution < -0.4 is 5.32 Å². The monoisotopic (exact) mass is 206 g/mol. The second-order valence-electron chi connectivity index (χ2n) is 2.88. The van der Waals surface area contributed by atoms with Gasteiger partial charge in [0.15, 0.2) is 0 Å². The molecule has 0 fully saturated rings. The van der Waals surface area contributed by atoms with Gasteiger partial charge in [-0.05, 0) is 13.0 Å². The van der Waals surface area contributed by atoms with Crippen molar-refractivity contribution in [1.29, 1.82) is 0 Å². The van der Waals surface area contributed by atoms with E-state index in [1.807, 2.05) is 0 Å². The van der Waals surface area contributed by atoms with Gasteiger partial charge in [0.2, 0.25) is 0 Å². The summed E-state index contributed by atoms with van der Waals surface area (Å²) < 4.78 is 0. The minimum atomic E-state index is 0.256. The third-order valence-corrected chi connectivity index (χ3v) is 3.04. The van der Waals surface area contributed by atoms with Crippen LogP contribution in [0, 0.1) is 0 Å². The molecule has 0 atom stereocenters. The van der Waals surface area contributed by atoms with Crippen molar-refractivity contribution in [2.24, 2.45) is 0 Å². The van der Waals surface area contributed by atoms with Crippen LogP contribution in [0.2, 0.25) is 12.6 Å². The van der Waals surface area contributed by atoms with Gasteiger partial charge in [0, 0.05) is 16.1 Å². The summed E-state index contributed by atoms with van der Waals surface area (Å²) in [5.41, 5.74) is 0. The van der Waals surface area contributed by atoms with Crippen LogP contribution in [-0.2, 0) is 9.68 Å². The van der Waals surface area contributed by atoms with Gasteiger partial charge >= 0.3 is 0 Å². The molecule has 0 unspecified atom stereocenters. The standard InChI is InChI=1S/C8H22N2O2Si/c1-11-10(12-2)7-6-9-5-4-8-13-3/h9H,4-8,13H2,1-3H3. The molecule has 0 amide bonds. The molecule has 0 spiro atoms. The number of rotatable bonds is 9. The van der Waals surface area contributed by atoms with Crippen molar-refractivity contribution < 1.29 is 9.68 Å². The highest BCUT2D eigenvalue weighted by molar-refractivity contribution is 6.33. The van der Waals surface area contributed by atoms with Crippen molar-refractivity contribution in [1.82, 2.24) is 10.5 Å². The number of nitrogens with one attached hydrogen (secondary N) is 1. The summed E-state index contributed by atoms with van der Waals surface area (Å²) in [6.45, 7) is 5.13. The molecule has 4 nitrogen and oxygen atoms in total. The van der Waals surface area contributed by atoms with Crippen molar-refractivity contribution in [2.75, 3.05) is 33.9 Å². The van der Waals surface area contributed by atoms with E-state index in [0.717, 1.165) is 19.6 Å². The maximum Gasteiger partial charge on any atom is 0.0641 e. The topological polar surface area (TPSA) is 33.7 Å². The zero-order valence-electron chi connectivity index (χ0n) is 9.01. The zero-order chi connectivity index (χ0) is 9.94. The summed E-state index contributed by atoms with van der Waals surface area (Å²) >= 11 is 0. The molecule has 0 aliphatic rings. The highest BCUT2D eigenvalue weighted by Crippen LogP contribution is 1.87. The van der Waals surface area contributed by atoms with Gasteiger partial charge in [-0.2, -0.15) is 0 Å². The van der Waals surface area contributed by atoms with E-state index in [0.29, 0.717) is 0 Å². The van der Waals surface area contributed by atoms with Crippen LogP contribution in [0.25, 0.3) is 0 Å². The van der Waals surface area contributed by atoms with Gasteiger partial charge in [-0.25, -0.2) is 0 Å². The molecule has 0 aromatic heterocycles. The first-order valence-electron chi connectivity index (χ1n) is 4.91. The Morgan fingerprint density at radius 2 is 1.92 bits per heavy atom. The van der Waals surface area contributed by atoms with Crippen LogP contribution in [0.15, 0.2) is 0 Å². The predicted octanol–water partition coefficient (Wildman–Crippen LogP) is 0.0261. The van der Waals surface area contributed by atoms with E-state index < -0.39 is 0 Å². The van der Waals surface area contributed by atoms with Gasteiger partial charge < -0.3 is 5.32 Å². The van der Waals surface area contributed by atoms with E-state index in [2.05, 4.69) is 11.9 Å². The summed E-state index contributed by atoms with van der Waals surface area (Å²) in [5.74, 6) is 0. The first-order chi connectivity index (χ1) is 6.35. The Balaban J connectivity index is 3.05. The highest BCUT2D eigenvalue weighted by atomic mass is 28.2. The van der Waals surface area contributed by atoms with E-state index in [4.69, 9.17) is 9.68 Å². The Bertz CT molecular complexity index is 102. The van der Waals surface area contributed by atoms with E-state index in [9.17, 15) is 0 Å². The van der Waals surface area contributed by atoms with Crippen LogP contribution in [-0.4, -0.2) is 48.6 Å². The fourth-order valence-electron chi connectivity index (χ4n) is 1.05. The van der Waals surface area contributed by atoms with Gasteiger partial charge in [0.25, 0.3) is 0 Å². The average Bonchev–Trinajstić information content (AvgIpc) is 2.17. The van der Waals surface area contributed by atoms with Gasteiger partial charge in [-0.1, -0.05) is 17.8 Å². The molecule has 0 saturated heterocycles. The SMILES string of the molecule is CON(CCNCCC[SiH2]C)OC. The molecular weight excluding hydrogens is 184 g/mol. The number of hydrogen-bond donors (Lipinski definition) is 1. The molecule has 1 N–H and O–H groups in total. The van der Waals surface area contributed by atoms with Crippen LogP contribution >= 0.6 is 0 Å². The molecule has 0 aromatic rings. The lowest BCUT2D eigenvalue weighted by Gasteiger charge is -2.15. The van der Waals surface area contributed by atoms with Crippen LogP contribution in [0.4, 0.5) is 0 Å². The van der Waals surface area contributed by atoms with E-state index in [-0.39, 0.29) is 9.52 Å². The number of hydroxylamine groups is 2. The smallest absolute Gasteiger partial charge is 0.0641 e. The summed E-state index contributed by atoms with van der Waals surface area (Å²) in [4.78, 5) is 9.81. The summed E-state index contributed by atoms with van der Waals surface area (Å²) in [6.07, 6.45) is 1.31. The van der Waals surface area contributed by atoms with Gasteiger partial charge in [0.05, 0.1) is 20.8 Å². The Morgan fingerprint density at radius 1 is 1.23 bits per heavy atom. The summed E-state index contributed by atoms with van der Waals surface area (Å²) in [7, 11) is 3.46. The second-order valence-corrected chi connectivity index (χ2v) is 4.59. The molecule has 0 aromatic carbocycles. The quantitative estimate of drug-likeness (QED) is 0.328. The Kier molecular flexibility index (Phi) is 10.2. The normalized spacial score (nSPS) is 12.0. The third kappa shape index (κ3) is 8.39. The molecule has 0 aliphatic heterocycles. The third-order valence-electron chi connectivity index (χ3n) is 1.84. The lowest BCUT2D eigenvalue weighted by Crippen LogP contribution is -2.31. The lowest BCUT2D eigenvalue weighted by atomic mass is 10.4. The van der Waals surface area contributed by atoms with Gasteiger partial charge in [-0.15, -0.1) is 0 Å². The van der Waals surface area contributed by atoms with Crippen molar-refractivity contribution in [3.63, 3.8) is 0 Å². The van der Waals surface area contributed by atoms with Gasteiger partial charge in [0.1, 0.15) is 0 Å². The number of nitrogens with zero attached hydrogens (tertiary/aromatic N) is 1. The molecule has 13 heavy (non-hydrogen) atoms. The van der Waals surface area contributed by atoms with Crippen molar-refractivity contribution in [2.45, 2.75) is 19.0 Å². The molecule has 0 radical (unpaired) electrons. The van der Waals surface area contributed by atoms with Crippen LogP contribution in [0.3, 0.4) is 0 Å². The fraction of sp³-hybridized carbons (Fsp3) is 1.00. The minimum absolute atomic E-state index is 0.256. The number of hydrogen-bond acceptors (Lipinski definition) is 4. The van der Waals surface area contributed by atoms with E-state index >= 15 is 0 Å². The van der Waals surface area contributed by atoms with Gasteiger partial charge in [-0.3, -0.25) is 9.68 Å². The van der Waals surface area contributed by atoms with E-state index in [1.165, 1.54) is 17.7 Å². The van der Waals surface area contributed by atoms with Crippen molar-refractivity contribution in [3.05, 3.63) is 0 Å². The molecule has 5 heteroatoms. The molecule has 0 saturated carbocycles. The zero-order valence-corrected chi connectivity index (χ0v) is 10.4. The fourth-order valence-corrected chi connectivity index (χ4v) is 1.80. The molecule has 0 aliphatic carbocycles. The molecule has 0 rings (SSSR count). The van der Waals surface area contributed by atoms with Crippen LogP contribution in [0.1, 0.15) is 6.42 Å². The maximum absolute atomic E-state index is 4.91. The first-order valence-corrected chi connectivity index (χ1v) is 7.33.